The fourth-order valence-electron chi connectivity index (χ4n) is 1.67. The lowest BCUT2D eigenvalue weighted by atomic mass is 10.2. The zero-order chi connectivity index (χ0) is 12.1. The number of nitrogens with one attached hydrogen (secondary N) is 1. The topological polar surface area (TPSA) is 24.4 Å². The standard InChI is InChI=1S/C15H16N2/c1-12-8-6-7-11-14(12)17-15(16-2)13-9-4-3-5-10-13/h3-11H,1-2H3,(H,16,17). The highest BCUT2D eigenvalue weighted by Crippen LogP contribution is 2.18. The van der Waals surface area contributed by atoms with Crippen LogP contribution in [-0.4, -0.2) is 12.9 Å². The smallest absolute Gasteiger partial charge is 0.133 e. The first kappa shape index (κ1) is 11.4. The van der Waals surface area contributed by atoms with Crippen molar-refractivity contribution in [2.75, 3.05) is 7.05 Å². The van der Waals surface area contributed by atoms with E-state index in [4.69, 9.17) is 0 Å². The number of amidine groups is 1. The molecule has 86 valence electrons. The van der Waals surface area contributed by atoms with Crippen LogP contribution in [-0.2, 0) is 0 Å². The van der Waals surface area contributed by atoms with E-state index in [2.05, 4.69) is 23.3 Å². The van der Waals surface area contributed by atoms with Crippen LogP contribution in [0.1, 0.15) is 11.1 Å². The Hall–Kier alpha value is -2.09. The minimum atomic E-state index is 0.889. The molecule has 2 heteroatoms. The van der Waals surface area contributed by atoms with Crippen LogP contribution in [0.15, 0.2) is 59.6 Å². The molecule has 0 saturated carbocycles. The second-order valence-corrected chi connectivity index (χ2v) is 3.86. The Kier molecular flexibility index (Phi) is 3.55. The summed E-state index contributed by atoms with van der Waals surface area (Å²) in [6.45, 7) is 2.07. The van der Waals surface area contributed by atoms with Gasteiger partial charge in [-0.05, 0) is 18.6 Å². The van der Waals surface area contributed by atoms with Crippen LogP contribution < -0.4 is 5.32 Å². The first-order valence-electron chi connectivity index (χ1n) is 5.69. The molecule has 0 saturated heterocycles. The van der Waals surface area contributed by atoms with Gasteiger partial charge in [0.15, 0.2) is 0 Å². The van der Waals surface area contributed by atoms with Gasteiger partial charge in [-0.25, -0.2) is 4.99 Å². The number of hydrogen-bond acceptors (Lipinski definition) is 1. The Morgan fingerprint density at radius 3 is 2.24 bits per heavy atom. The van der Waals surface area contributed by atoms with Gasteiger partial charge < -0.3 is 5.32 Å². The molecule has 2 aromatic rings. The molecule has 0 aliphatic heterocycles. The molecule has 0 atom stereocenters. The predicted molar refractivity (Wildman–Crippen MR) is 72.9 cm³/mol. The number of aliphatic imine (C=N–C) groups is 1. The normalized spacial score (nSPS) is 11.3. The number of aryl methyl sites for hydroxylation is 1. The van der Waals surface area contributed by atoms with Crippen molar-refractivity contribution >= 4 is 11.5 Å². The third-order valence-electron chi connectivity index (χ3n) is 2.63. The van der Waals surface area contributed by atoms with Gasteiger partial charge in [0.1, 0.15) is 5.84 Å². The lowest BCUT2D eigenvalue weighted by molar-refractivity contribution is 1.16. The van der Waals surface area contributed by atoms with E-state index < -0.39 is 0 Å². The first-order chi connectivity index (χ1) is 8.31. The molecule has 1 N–H and O–H groups in total. The first-order valence-corrected chi connectivity index (χ1v) is 5.69. The fraction of sp³-hybridized carbons (Fsp3) is 0.133. The van der Waals surface area contributed by atoms with Gasteiger partial charge in [-0.15, -0.1) is 0 Å². The Morgan fingerprint density at radius 1 is 0.941 bits per heavy atom. The van der Waals surface area contributed by atoms with E-state index in [9.17, 15) is 0 Å². The molecule has 0 heterocycles. The lowest BCUT2D eigenvalue weighted by Gasteiger charge is -2.07. The SMILES string of the molecule is CN/C(=N\c1ccccc1C)c1ccccc1. The minimum Gasteiger partial charge on any atom is -0.373 e. The highest BCUT2D eigenvalue weighted by molar-refractivity contribution is 6.00. The zero-order valence-electron chi connectivity index (χ0n) is 10.1. The fourth-order valence-corrected chi connectivity index (χ4v) is 1.67. The summed E-state index contributed by atoms with van der Waals surface area (Å²) >= 11 is 0. The summed E-state index contributed by atoms with van der Waals surface area (Å²) in [6, 6.07) is 18.2. The molecule has 0 bridgehead atoms. The van der Waals surface area contributed by atoms with E-state index in [1.165, 1.54) is 5.56 Å². The number of benzene rings is 2. The Balaban J connectivity index is 2.40. The number of rotatable bonds is 2. The monoisotopic (exact) mass is 224 g/mol. The molecule has 17 heavy (non-hydrogen) atoms. The molecule has 0 aromatic heterocycles. The van der Waals surface area contributed by atoms with Crippen LogP contribution in [0.5, 0.6) is 0 Å². The lowest BCUT2D eigenvalue weighted by Crippen LogP contribution is -2.19. The maximum Gasteiger partial charge on any atom is 0.133 e. The van der Waals surface area contributed by atoms with E-state index in [1.54, 1.807) is 0 Å². The third kappa shape index (κ3) is 2.72. The molecular formula is C15H16N2. The Morgan fingerprint density at radius 2 is 1.59 bits per heavy atom. The highest BCUT2D eigenvalue weighted by Gasteiger charge is 2.01. The van der Waals surface area contributed by atoms with Gasteiger partial charge in [0, 0.05) is 12.6 Å². The van der Waals surface area contributed by atoms with E-state index in [0.29, 0.717) is 0 Å². The van der Waals surface area contributed by atoms with E-state index in [1.807, 2.05) is 55.6 Å². The van der Waals surface area contributed by atoms with Crippen LogP contribution in [0.4, 0.5) is 5.69 Å². The van der Waals surface area contributed by atoms with Gasteiger partial charge in [0.2, 0.25) is 0 Å². The van der Waals surface area contributed by atoms with E-state index in [-0.39, 0.29) is 0 Å². The highest BCUT2D eigenvalue weighted by atomic mass is 15.0. The molecular weight excluding hydrogens is 208 g/mol. The largest absolute Gasteiger partial charge is 0.373 e. The summed E-state index contributed by atoms with van der Waals surface area (Å²) in [5, 5.41) is 3.14. The average Bonchev–Trinajstić information content (AvgIpc) is 2.39. The van der Waals surface area contributed by atoms with Crippen molar-refractivity contribution in [1.29, 1.82) is 0 Å². The summed E-state index contributed by atoms with van der Waals surface area (Å²) in [7, 11) is 1.89. The van der Waals surface area contributed by atoms with Crippen LogP contribution in [0.2, 0.25) is 0 Å². The van der Waals surface area contributed by atoms with Crippen molar-refractivity contribution < 1.29 is 0 Å². The second-order valence-electron chi connectivity index (χ2n) is 3.86. The molecule has 0 aliphatic carbocycles. The molecule has 2 nitrogen and oxygen atoms in total. The van der Waals surface area contributed by atoms with Crippen LogP contribution in [0, 0.1) is 6.92 Å². The number of nitrogens with zero attached hydrogens (tertiary/aromatic N) is 1. The summed E-state index contributed by atoms with van der Waals surface area (Å²) < 4.78 is 0. The summed E-state index contributed by atoms with van der Waals surface area (Å²) in [4.78, 5) is 4.65. The van der Waals surface area contributed by atoms with Crippen molar-refractivity contribution in [3.63, 3.8) is 0 Å². The van der Waals surface area contributed by atoms with E-state index in [0.717, 1.165) is 17.1 Å². The molecule has 0 unspecified atom stereocenters. The zero-order valence-corrected chi connectivity index (χ0v) is 10.1. The molecule has 0 spiro atoms. The Labute approximate surface area is 102 Å². The van der Waals surface area contributed by atoms with Gasteiger partial charge in [-0.2, -0.15) is 0 Å². The van der Waals surface area contributed by atoms with Gasteiger partial charge >= 0.3 is 0 Å². The van der Waals surface area contributed by atoms with Crippen LogP contribution >= 0.6 is 0 Å². The van der Waals surface area contributed by atoms with E-state index >= 15 is 0 Å². The Bertz CT molecular complexity index is 515. The van der Waals surface area contributed by atoms with Crippen molar-refractivity contribution in [3.05, 3.63) is 65.7 Å². The molecule has 0 amide bonds. The van der Waals surface area contributed by atoms with Gasteiger partial charge in [0.05, 0.1) is 5.69 Å². The summed E-state index contributed by atoms with van der Waals surface area (Å²) in [5.41, 5.74) is 3.27. The van der Waals surface area contributed by atoms with Crippen molar-refractivity contribution in [2.45, 2.75) is 6.92 Å². The predicted octanol–water partition coefficient (Wildman–Crippen LogP) is 3.29. The molecule has 2 aromatic carbocycles. The third-order valence-corrected chi connectivity index (χ3v) is 2.63. The van der Waals surface area contributed by atoms with Gasteiger partial charge in [-0.3, -0.25) is 0 Å². The average molecular weight is 224 g/mol. The maximum absolute atomic E-state index is 4.65. The summed E-state index contributed by atoms with van der Waals surface area (Å²) in [5.74, 6) is 0.889. The molecule has 0 fully saturated rings. The maximum atomic E-state index is 4.65. The quantitative estimate of drug-likeness (QED) is 0.614. The molecule has 2 rings (SSSR count). The summed E-state index contributed by atoms with van der Waals surface area (Å²) in [6.07, 6.45) is 0. The van der Waals surface area contributed by atoms with Crippen molar-refractivity contribution in [2.24, 2.45) is 4.99 Å². The van der Waals surface area contributed by atoms with Crippen LogP contribution in [0.3, 0.4) is 0 Å². The molecule has 0 radical (unpaired) electrons. The van der Waals surface area contributed by atoms with Gasteiger partial charge in [-0.1, -0.05) is 48.5 Å². The molecule has 0 aliphatic rings. The number of hydrogen-bond donors (Lipinski definition) is 1. The van der Waals surface area contributed by atoms with Gasteiger partial charge in [0.25, 0.3) is 0 Å². The van der Waals surface area contributed by atoms with Crippen LogP contribution in [0.25, 0.3) is 0 Å². The van der Waals surface area contributed by atoms with Crippen molar-refractivity contribution in [3.8, 4) is 0 Å². The second kappa shape index (κ2) is 5.30. The van der Waals surface area contributed by atoms with Crippen molar-refractivity contribution in [1.82, 2.24) is 5.32 Å². The minimum absolute atomic E-state index is 0.889. The number of para-hydroxylation sites is 1.